The third-order valence-corrected chi connectivity index (χ3v) is 3.55. The predicted molar refractivity (Wildman–Crippen MR) is 94.1 cm³/mol. The van der Waals surface area contributed by atoms with Crippen molar-refractivity contribution in [2.75, 3.05) is 29.6 Å². The number of H-pyrrole nitrogens is 1. The largest absolute Gasteiger partial charge is 0.378 e. The molecule has 122 valence electrons. The molecule has 2 aromatic carbocycles. The number of fused-ring (bicyclic) bond motifs is 1. The van der Waals surface area contributed by atoms with Gasteiger partial charge in [-0.1, -0.05) is 0 Å². The molecule has 0 aliphatic carbocycles. The number of hydrogen-bond acceptors (Lipinski definition) is 4. The number of amides is 2. The summed E-state index contributed by atoms with van der Waals surface area (Å²) in [6.07, 6.45) is 1.69. The highest BCUT2D eigenvalue weighted by Crippen LogP contribution is 2.17. The fourth-order valence-electron chi connectivity index (χ4n) is 2.23. The number of benzene rings is 2. The summed E-state index contributed by atoms with van der Waals surface area (Å²) in [7, 11) is 3.86. The Labute approximate surface area is 138 Å². The van der Waals surface area contributed by atoms with E-state index in [1.54, 1.807) is 30.5 Å². The smallest absolute Gasteiger partial charge is 0.314 e. The van der Waals surface area contributed by atoms with Crippen LogP contribution in [0.25, 0.3) is 10.9 Å². The Morgan fingerprint density at radius 1 is 0.958 bits per heavy atom. The molecule has 0 atom stereocenters. The monoisotopic (exact) mass is 323 g/mol. The van der Waals surface area contributed by atoms with Gasteiger partial charge in [-0.25, -0.2) is 0 Å². The Morgan fingerprint density at radius 3 is 2.25 bits per heavy atom. The number of aromatic amines is 1. The highest BCUT2D eigenvalue weighted by Gasteiger charge is 2.14. The number of rotatable bonds is 3. The summed E-state index contributed by atoms with van der Waals surface area (Å²) in [4.78, 5) is 26.0. The van der Waals surface area contributed by atoms with Crippen LogP contribution in [0.3, 0.4) is 0 Å². The topological polar surface area (TPSA) is 90.1 Å². The third kappa shape index (κ3) is 3.35. The molecule has 0 fully saturated rings. The molecule has 0 saturated carbocycles. The first-order chi connectivity index (χ1) is 11.5. The zero-order valence-electron chi connectivity index (χ0n) is 13.3. The van der Waals surface area contributed by atoms with Gasteiger partial charge in [0, 0.05) is 36.5 Å². The molecule has 0 unspecified atom stereocenters. The Hall–Kier alpha value is -3.35. The summed E-state index contributed by atoms with van der Waals surface area (Å²) in [6, 6.07) is 12.5. The molecule has 0 radical (unpaired) electrons. The number of nitrogens with one attached hydrogen (secondary N) is 3. The van der Waals surface area contributed by atoms with Crippen molar-refractivity contribution in [1.82, 2.24) is 10.2 Å². The minimum Gasteiger partial charge on any atom is -0.378 e. The fraction of sp³-hybridized carbons (Fsp3) is 0.118. The number of anilines is 3. The van der Waals surface area contributed by atoms with Crippen molar-refractivity contribution in [3.8, 4) is 0 Å². The molecule has 3 N–H and O–H groups in total. The molecule has 7 nitrogen and oxygen atoms in total. The number of hydrogen-bond donors (Lipinski definition) is 3. The maximum Gasteiger partial charge on any atom is 0.314 e. The molecule has 2 amide bonds. The van der Waals surface area contributed by atoms with Crippen LogP contribution in [0.4, 0.5) is 17.1 Å². The first-order valence-corrected chi connectivity index (χ1v) is 7.36. The minimum atomic E-state index is -0.731. The predicted octanol–water partition coefficient (Wildman–Crippen LogP) is 2.21. The van der Waals surface area contributed by atoms with Crippen molar-refractivity contribution >= 4 is 39.8 Å². The Balaban J connectivity index is 1.64. The molecule has 0 saturated heterocycles. The summed E-state index contributed by atoms with van der Waals surface area (Å²) < 4.78 is 0. The second kappa shape index (κ2) is 6.41. The van der Waals surface area contributed by atoms with Crippen LogP contribution in [0.15, 0.2) is 48.7 Å². The van der Waals surface area contributed by atoms with Crippen molar-refractivity contribution in [3.63, 3.8) is 0 Å². The van der Waals surface area contributed by atoms with Crippen LogP contribution < -0.4 is 15.5 Å². The summed E-state index contributed by atoms with van der Waals surface area (Å²) >= 11 is 0. The maximum atomic E-state index is 12.0. The van der Waals surface area contributed by atoms with Gasteiger partial charge in [-0.15, -0.1) is 0 Å². The lowest BCUT2D eigenvalue weighted by Gasteiger charge is -2.13. The molecule has 0 spiro atoms. The third-order valence-electron chi connectivity index (χ3n) is 3.55. The molecule has 0 aliphatic heterocycles. The van der Waals surface area contributed by atoms with Gasteiger partial charge in [0.15, 0.2) is 0 Å². The minimum absolute atomic E-state index is 0.523. The molecular formula is C17H17N5O2. The highest BCUT2D eigenvalue weighted by molar-refractivity contribution is 6.43. The van der Waals surface area contributed by atoms with Crippen LogP contribution in [-0.2, 0) is 9.59 Å². The molecular weight excluding hydrogens is 306 g/mol. The van der Waals surface area contributed by atoms with Gasteiger partial charge < -0.3 is 15.5 Å². The van der Waals surface area contributed by atoms with Crippen molar-refractivity contribution in [1.29, 1.82) is 0 Å². The van der Waals surface area contributed by atoms with Gasteiger partial charge in [-0.2, -0.15) is 5.10 Å². The van der Waals surface area contributed by atoms with Crippen LogP contribution >= 0.6 is 0 Å². The average Bonchev–Trinajstić information content (AvgIpc) is 3.03. The Kier molecular flexibility index (Phi) is 4.15. The number of nitrogens with zero attached hydrogens (tertiary/aromatic N) is 2. The summed E-state index contributed by atoms with van der Waals surface area (Å²) in [5.41, 5.74) is 2.87. The average molecular weight is 323 g/mol. The van der Waals surface area contributed by atoms with Crippen molar-refractivity contribution in [3.05, 3.63) is 48.7 Å². The van der Waals surface area contributed by atoms with Gasteiger partial charge >= 0.3 is 11.8 Å². The molecule has 3 aromatic rings. The zero-order chi connectivity index (χ0) is 17.1. The van der Waals surface area contributed by atoms with Crippen LogP contribution in [0, 0.1) is 0 Å². The van der Waals surface area contributed by atoms with E-state index in [1.165, 1.54) is 0 Å². The van der Waals surface area contributed by atoms with E-state index in [0.717, 1.165) is 16.6 Å². The second-order valence-corrected chi connectivity index (χ2v) is 5.52. The quantitative estimate of drug-likeness (QED) is 0.645. The van der Waals surface area contributed by atoms with Crippen molar-refractivity contribution in [2.45, 2.75) is 0 Å². The fourth-order valence-corrected chi connectivity index (χ4v) is 2.23. The zero-order valence-corrected chi connectivity index (χ0v) is 13.3. The first kappa shape index (κ1) is 15.5. The molecule has 3 rings (SSSR count). The van der Waals surface area contributed by atoms with Gasteiger partial charge in [0.25, 0.3) is 0 Å². The number of aromatic nitrogens is 2. The van der Waals surface area contributed by atoms with E-state index in [-0.39, 0.29) is 0 Å². The Morgan fingerprint density at radius 2 is 1.58 bits per heavy atom. The summed E-state index contributed by atoms with van der Waals surface area (Å²) in [5, 5.41) is 12.8. The Bertz CT molecular complexity index is 883. The number of carbonyl (C=O) groups excluding carboxylic acids is 2. The normalized spacial score (nSPS) is 10.4. The van der Waals surface area contributed by atoms with E-state index in [9.17, 15) is 9.59 Å². The molecule has 24 heavy (non-hydrogen) atoms. The molecule has 0 aliphatic rings. The first-order valence-electron chi connectivity index (χ1n) is 7.36. The van der Waals surface area contributed by atoms with E-state index in [2.05, 4.69) is 20.8 Å². The van der Waals surface area contributed by atoms with Crippen LogP contribution in [0.2, 0.25) is 0 Å². The second-order valence-electron chi connectivity index (χ2n) is 5.52. The van der Waals surface area contributed by atoms with E-state index in [4.69, 9.17) is 0 Å². The lowest BCUT2D eigenvalue weighted by Crippen LogP contribution is -2.29. The lowest BCUT2D eigenvalue weighted by molar-refractivity contribution is -0.132. The summed E-state index contributed by atoms with van der Waals surface area (Å²) in [6.45, 7) is 0. The standard InChI is InChI=1S/C17H17N5O2/c1-22(2)14-7-5-12(6-8-14)19-16(23)17(24)20-13-4-3-11-10-18-21-15(11)9-13/h3-10H,1-2H3,(H,18,21)(H,19,23)(H,20,24). The van der Waals surface area contributed by atoms with E-state index in [1.807, 2.05) is 37.2 Å². The molecule has 1 heterocycles. The van der Waals surface area contributed by atoms with Gasteiger partial charge in [0.1, 0.15) is 0 Å². The van der Waals surface area contributed by atoms with Crippen molar-refractivity contribution in [2.24, 2.45) is 0 Å². The van der Waals surface area contributed by atoms with E-state index >= 15 is 0 Å². The molecule has 0 bridgehead atoms. The van der Waals surface area contributed by atoms with Crippen LogP contribution in [-0.4, -0.2) is 36.1 Å². The van der Waals surface area contributed by atoms with E-state index < -0.39 is 11.8 Å². The van der Waals surface area contributed by atoms with E-state index in [0.29, 0.717) is 11.4 Å². The maximum absolute atomic E-state index is 12.0. The van der Waals surface area contributed by atoms with Gasteiger partial charge in [-0.3, -0.25) is 14.7 Å². The lowest BCUT2D eigenvalue weighted by atomic mass is 10.2. The van der Waals surface area contributed by atoms with Gasteiger partial charge in [-0.05, 0) is 42.5 Å². The van der Waals surface area contributed by atoms with Gasteiger partial charge in [0.2, 0.25) is 0 Å². The van der Waals surface area contributed by atoms with Gasteiger partial charge in [0.05, 0.1) is 11.7 Å². The summed E-state index contributed by atoms with van der Waals surface area (Å²) in [5.74, 6) is -1.46. The highest BCUT2D eigenvalue weighted by atomic mass is 16.2. The molecule has 7 heteroatoms. The SMILES string of the molecule is CN(C)c1ccc(NC(=O)C(=O)Nc2ccc3cn[nH]c3c2)cc1. The van der Waals surface area contributed by atoms with Crippen LogP contribution in [0.5, 0.6) is 0 Å². The van der Waals surface area contributed by atoms with Crippen molar-refractivity contribution < 1.29 is 9.59 Å². The number of carbonyl (C=O) groups is 2. The van der Waals surface area contributed by atoms with Crippen LogP contribution in [0.1, 0.15) is 0 Å². The molecule has 1 aromatic heterocycles.